The second-order valence-corrected chi connectivity index (χ2v) is 4.03. The minimum Gasteiger partial charge on any atom is -0.388 e. The number of pyridine rings is 1. The number of anilines is 1. The molecule has 1 aromatic rings. The number of hydrogen-bond acceptors (Lipinski definition) is 5. The first-order valence-corrected chi connectivity index (χ1v) is 5.41. The van der Waals surface area contributed by atoms with E-state index >= 15 is 0 Å². The zero-order valence-corrected chi connectivity index (χ0v) is 9.50. The molecule has 0 radical (unpaired) electrons. The maximum atomic E-state index is 12.0. The number of aliphatic hydroxyl groups is 2. The van der Waals surface area contributed by atoms with E-state index in [-0.39, 0.29) is 19.0 Å². The second kappa shape index (κ2) is 4.68. The smallest absolute Gasteiger partial charge is 0.255 e. The summed E-state index contributed by atoms with van der Waals surface area (Å²) in [6, 6.07) is 3.37. The maximum absolute atomic E-state index is 12.0. The molecule has 2 atom stereocenters. The molecule has 6 heteroatoms. The van der Waals surface area contributed by atoms with E-state index in [4.69, 9.17) is 0 Å². The van der Waals surface area contributed by atoms with E-state index in [0.29, 0.717) is 11.4 Å². The first kappa shape index (κ1) is 11.8. The van der Waals surface area contributed by atoms with Crippen LogP contribution in [0.15, 0.2) is 18.3 Å². The van der Waals surface area contributed by atoms with Gasteiger partial charge in [0.25, 0.3) is 5.91 Å². The van der Waals surface area contributed by atoms with Crippen LogP contribution in [-0.2, 0) is 0 Å². The van der Waals surface area contributed by atoms with Crippen LogP contribution >= 0.6 is 0 Å². The summed E-state index contributed by atoms with van der Waals surface area (Å²) >= 11 is 0. The van der Waals surface area contributed by atoms with Gasteiger partial charge in [-0.05, 0) is 12.1 Å². The van der Waals surface area contributed by atoms with Crippen LogP contribution < -0.4 is 5.32 Å². The number of aromatic nitrogens is 1. The van der Waals surface area contributed by atoms with Gasteiger partial charge >= 0.3 is 0 Å². The molecule has 1 amide bonds. The standard InChI is InChI=1S/C11H15N3O3/c1-12-10-3-2-7(4-13-10)11(17)14-5-8(15)9(16)6-14/h2-4,8-9,15-16H,5-6H2,1H3,(H,12,13). The summed E-state index contributed by atoms with van der Waals surface area (Å²) in [6.45, 7) is 0.321. The summed E-state index contributed by atoms with van der Waals surface area (Å²) in [5.41, 5.74) is 0.449. The number of likely N-dealkylation sites (tertiary alicyclic amines) is 1. The fraction of sp³-hybridized carbons (Fsp3) is 0.455. The van der Waals surface area contributed by atoms with Crippen molar-refractivity contribution in [1.82, 2.24) is 9.88 Å². The molecular formula is C11H15N3O3. The van der Waals surface area contributed by atoms with E-state index in [2.05, 4.69) is 10.3 Å². The van der Waals surface area contributed by atoms with Crippen LogP contribution in [0.1, 0.15) is 10.4 Å². The van der Waals surface area contributed by atoms with E-state index in [9.17, 15) is 15.0 Å². The number of nitrogens with one attached hydrogen (secondary N) is 1. The number of nitrogens with zero attached hydrogens (tertiary/aromatic N) is 2. The minimum absolute atomic E-state index is 0.160. The van der Waals surface area contributed by atoms with Crippen LogP contribution in [0, 0.1) is 0 Å². The third-order valence-electron chi connectivity index (χ3n) is 2.81. The Balaban J connectivity index is 2.09. The van der Waals surface area contributed by atoms with Crippen molar-refractivity contribution in [3.63, 3.8) is 0 Å². The molecule has 2 unspecified atom stereocenters. The molecule has 17 heavy (non-hydrogen) atoms. The summed E-state index contributed by atoms with van der Waals surface area (Å²) in [5.74, 6) is 0.457. The van der Waals surface area contributed by atoms with Crippen molar-refractivity contribution in [2.75, 3.05) is 25.5 Å². The number of carbonyl (C=O) groups excluding carboxylic acids is 1. The molecule has 92 valence electrons. The van der Waals surface area contributed by atoms with Crippen molar-refractivity contribution in [3.05, 3.63) is 23.9 Å². The van der Waals surface area contributed by atoms with Crippen molar-refractivity contribution in [2.45, 2.75) is 12.2 Å². The largest absolute Gasteiger partial charge is 0.388 e. The zero-order chi connectivity index (χ0) is 12.4. The number of aliphatic hydroxyl groups excluding tert-OH is 2. The summed E-state index contributed by atoms with van der Waals surface area (Å²) in [6.07, 6.45) is -0.238. The first-order valence-electron chi connectivity index (χ1n) is 5.41. The normalized spacial score (nSPS) is 23.8. The number of carbonyl (C=O) groups is 1. The molecule has 0 spiro atoms. The molecule has 1 saturated heterocycles. The Hall–Kier alpha value is -1.66. The highest BCUT2D eigenvalue weighted by molar-refractivity contribution is 5.94. The molecular weight excluding hydrogens is 222 g/mol. The quantitative estimate of drug-likeness (QED) is 0.633. The van der Waals surface area contributed by atoms with Crippen LogP contribution in [0.5, 0.6) is 0 Å². The predicted octanol–water partition coefficient (Wildman–Crippen LogP) is -0.699. The van der Waals surface area contributed by atoms with E-state index in [1.807, 2.05) is 0 Å². The Morgan fingerprint density at radius 1 is 1.41 bits per heavy atom. The van der Waals surface area contributed by atoms with Gasteiger partial charge in [-0.25, -0.2) is 4.98 Å². The van der Waals surface area contributed by atoms with Crippen molar-refractivity contribution in [3.8, 4) is 0 Å². The lowest BCUT2D eigenvalue weighted by molar-refractivity contribution is 0.0572. The van der Waals surface area contributed by atoms with E-state index in [1.165, 1.54) is 11.1 Å². The molecule has 0 bridgehead atoms. The predicted molar refractivity (Wildman–Crippen MR) is 61.7 cm³/mol. The Morgan fingerprint density at radius 3 is 2.53 bits per heavy atom. The minimum atomic E-state index is -0.858. The maximum Gasteiger partial charge on any atom is 0.255 e. The van der Waals surface area contributed by atoms with Gasteiger partial charge in [-0.3, -0.25) is 4.79 Å². The average Bonchev–Trinajstić information content (AvgIpc) is 2.69. The fourth-order valence-corrected chi connectivity index (χ4v) is 1.79. The third-order valence-corrected chi connectivity index (χ3v) is 2.81. The molecule has 1 aromatic heterocycles. The van der Waals surface area contributed by atoms with E-state index < -0.39 is 12.2 Å². The SMILES string of the molecule is CNc1ccc(C(=O)N2CC(O)C(O)C2)cn1. The third kappa shape index (κ3) is 2.37. The van der Waals surface area contributed by atoms with Crippen LogP contribution in [0.2, 0.25) is 0 Å². The Labute approximate surface area is 98.9 Å². The molecule has 1 aliphatic heterocycles. The van der Waals surface area contributed by atoms with Gasteiger partial charge in [0, 0.05) is 26.3 Å². The lowest BCUT2D eigenvalue weighted by Gasteiger charge is -2.15. The molecule has 0 saturated carbocycles. The highest BCUT2D eigenvalue weighted by Crippen LogP contribution is 2.14. The summed E-state index contributed by atoms with van der Waals surface area (Å²) in [7, 11) is 1.75. The Kier molecular flexibility index (Phi) is 3.26. The van der Waals surface area contributed by atoms with Crippen LogP contribution in [0.25, 0.3) is 0 Å². The van der Waals surface area contributed by atoms with Crippen LogP contribution in [0.3, 0.4) is 0 Å². The molecule has 2 rings (SSSR count). The molecule has 0 aliphatic carbocycles. The van der Waals surface area contributed by atoms with Crippen molar-refractivity contribution in [2.24, 2.45) is 0 Å². The van der Waals surface area contributed by atoms with E-state index in [1.54, 1.807) is 19.2 Å². The zero-order valence-electron chi connectivity index (χ0n) is 9.50. The average molecular weight is 237 g/mol. The second-order valence-electron chi connectivity index (χ2n) is 4.03. The van der Waals surface area contributed by atoms with Gasteiger partial charge in [-0.1, -0.05) is 0 Å². The number of β-amino-alcohol motifs (C(OH)–C–C–N with tert-alkyl or cyclic N) is 2. The number of hydrogen-bond donors (Lipinski definition) is 3. The highest BCUT2D eigenvalue weighted by Gasteiger charge is 2.32. The van der Waals surface area contributed by atoms with Gasteiger partial charge in [0.1, 0.15) is 5.82 Å². The monoisotopic (exact) mass is 237 g/mol. The molecule has 1 aliphatic rings. The van der Waals surface area contributed by atoms with Crippen molar-refractivity contribution in [1.29, 1.82) is 0 Å². The molecule has 3 N–H and O–H groups in total. The van der Waals surface area contributed by atoms with Crippen molar-refractivity contribution < 1.29 is 15.0 Å². The summed E-state index contributed by atoms with van der Waals surface area (Å²) in [4.78, 5) is 17.4. The van der Waals surface area contributed by atoms with Gasteiger partial charge in [0.15, 0.2) is 0 Å². The summed E-state index contributed by atoms with van der Waals surface area (Å²) < 4.78 is 0. The molecule has 2 heterocycles. The van der Waals surface area contributed by atoms with Gasteiger partial charge in [-0.2, -0.15) is 0 Å². The molecule has 0 aromatic carbocycles. The van der Waals surface area contributed by atoms with Gasteiger partial charge in [0.2, 0.25) is 0 Å². The molecule has 6 nitrogen and oxygen atoms in total. The van der Waals surface area contributed by atoms with E-state index in [0.717, 1.165) is 0 Å². The first-order chi connectivity index (χ1) is 8.11. The van der Waals surface area contributed by atoms with Gasteiger partial charge in [-0.15, -0.1) is 0 Å². The lowest BCUT2D eigenvalue weighted by atomic mass is 10.2. The number of rotatable bonds is 2. The summed E-state index contributed by atoms with van der Waals surface area (Å²) in [5, 5.41) is 21.6. The Morgan fingerprint density at radius 2 is 2.06 bits per heavy atom. The molecule has 1 fully saturated rings. The number of amides is 1. The van der Waals surface area contributed by atoms with Crippen LogP contribution in [-0.4, -0.2) is 58.3 Å². The van der Waals surface area contributed by atoms with Crippen LogP contribution in [0.4, 0.5) is 5.82 Å². The fourth-order valence-electron chi connectivity index (χ4n) is 1.79. The Bertz CT molecular complexity index is 397. The van der Waals surface area contributed by atoms with Gasteiger partial charge < -0.3 is 20.4 Å². The van der Waals surface area contributed by atoms with Gasteiger partial charge in [0.05, 0.1) is 17.8 Å². The lowest BCUT2D eigenvalue weighted by Crippen LogP contribution is -2.29. The highest BCUT2D eigenvalue weighted by atomic mass is 16.3. The topological polar surface area (TPSA) is 85.7 Å². The van der Waals surface area contributed by atoms with Crippen molar-refractivity contribution >= 4 is 11.7 Å².